The summed E-state index contributed by atoms with van der Waals surface area (Å²) in [7, 11) is 1.50. The molecule has 102 valence electrons. The lowest BCUT2D eigenvalue weighted by Gasteiger charge is -2.20. The Kier molecular flexibility index (Phi) is 4.01. The lowest BCUT2D eigenvalue weighted by molar-refractivity contribution is -0.141. The minimum atomic E-state index is -1.05. The molecule has 1 amide bonds. The average molecular weight is 265 g/mol. The first-order valence-corrected chi connectivity index (χ1v) is 5.91. The first-order chi connectivity index (χ1) is 9.11. The molecule has 0 aliphatic carbocycles. The number of methoxy groups -OCH3 is 1. The van der Waals surface area contributed by atoms with Gasteiger partial charge in [-0.15, -0.1) is 0 Å². The van der Waals surface area contributed by atoms with Gasteiger partial charge in [-0.05, 0) is 12.1 Å². The van der Waals surface area contributed by atoms with Crippen molar-refractivity contribution in [1.82, 2.24) is 4.90 Å². The van der Waals surface area contributed by atoms with E-state index in [4.69, 9.17) is 14.6 Å². The number of amides is 1. The standard InChI is InChI=1S/C13H15NO5/c1-18-10-7-11(12(15)16)14(8-10)13(17)19-9-5-3-2-4-6-9/h2-6,10-11H,7-8H2,1H3,(H,15,16). The zero-order chi connectivity index (χ0) is 13.8. The van der Waals surface area contributed by atoms with E-state index in [1.165, 1.54) is 12.0 Å². The highest BCUT2D eigenvalue weighted by Gasteiger charge is 2.40. The van der Waals surface area contributed by atoms with E-state index in [0.717, 1.165) is 0 Å². The third-order valence-electron chi connectivity index (χ3n) is 3.06. The Morgan fingerprint density at radius 1 is 1.32 bits per heavy atom. The summed E-state index contributed by atoms with van der Waals surface area (Å²) in [4.78, 5) is 24.3. The zero-order valence-electron chi connectivity index (χ0n) is 10.5. The van der Waals surface area contributed by atoms with Crippen LogP contribution < -0.4 is 4.74 Å². The van der Waals surface area contributed by atoms with Gasteiger partial charge in [0.15, 0.2) is 0 Å². The van der Waals surface area contributed by atoms with Crippen LogP contribution in [0.1, 0.15) is 6.42 Å². The van der Waals surface area contributed by atoms with Crippen LogP contribution in [0.25, 0.3) is 0 Å². The Morgan fingerprint density at radius 3 is 2.58 bits per heavy atom. The molecule has 6 nitrogen and oxygen atoms in total. The summed E-state index contributed by atoms with van der Waals surface area (Å²) in [6.45, 7) is 0.221. The van der Waals surface area contributed by atoms with Crippen LogP contribution in [0.4, 0.5) is 4.79 Å². The molecule has 1 saturated heterocycles. The second-order valence-corrected chi connectivity index (χ2v) is 4.28. The van der Waals surface area contributed by atoms with Crippen LogP contribution >= 0.6 is 0 Å². The number of rotatable bonds is 3. The second-order valence-electron chi connectivity index (χ2n) is 4.28. The number of benzene rings is 1. The van der Waals surface area contributed by atoms with E-state index in [1.807, 2.05) is 0 Å². The molecule has 1 aromatic carbocycles. The van der Waals surface area contributed by atoms with E-state index in [0.29, 0.717) is 5.75 Å². The fourth-order valence-electron chi connectivity index (χ4n) is 2.05. The second kappa shape index (κ2) is 5.71. The highest BCUT2D eigenvalue weighted by atomic mass is 16.6. The third-order valence-corrected chi connectivity index (χ3v) is 3.06. The summed E-state index contributed by atoms with van der Waals surface area (Å²) in [5.41, 5.74) is 0. The summed E-state index contributed by atoms with van der Waals surface area (Å²) < 4.78 is 10.2. The van der Waals surface area contributed by atoms with Crippen molar-refractivity contribution in [2.75, 3.05) is 13.7 Å². The molecule has 1 N–H and O–H groups in total. The highest BCUT2D eigenvalue weighted by molar-refractivity contribution is 5.81. The fraction of sp³-hybridized carbons (Fsp3) is 0.385. The van der Waals surface area contributed by atoms with E-state index >= 15 is 0 Å². The Balaban J connectivity index is 2.07. The van der Waals surface area contributed by atoms with Crippen molar-refractivity contribution >= 4 is 12.1 Å². The molecule has 1 aliphatic rings. The van der Waals surface area contributed by atoms with E-state index in [9.17, 15) is 9.59 Å². The fourth-order valence-corrected chi connectivity index (χ4v) is 2.05. The Labute approximate surface area is 110 Å². The topological polar surface area (TPSA) is 76.1 Å². The van der Waals surface area contributed by atoms with Crippen LogP contribution in [-0.4, -0.2) is 47.9 Å². The van der Waals surface area contributed by atoms with E-state index in [-0.39, 0.29) is 19.1 Å². The maximum absolute atomic E-state index is 12.0. The van der Waals surface area contributed by atoms with Crippen LogP contribution in [0.3, 0.4) is 0 Å². The monoisotopic (exact) mass is 265 g/mol. The number of carbonyl (C=O) groups excluding carboxylic acids is 1. The Hall–Kier alpha value is -2.08. The number of likely N-dealkylation sites (tertiary alicyclic amines) is 1. The first-order valence-electron chi connectivity index (χ1n) is 5.91. The Morgan fingerprint density at radius 2 is 2.00 bits per heavy atom. The minimum absolute atomic E-state index is 0.221. The van der Waals surface area contributed by atoms with Gasteiger partial charge in [-0.25, -0.2) is 9.59 Å². The third kappa shape index (κ3) is 3.03. The van der Waals surface area contributed by atoms with Crippen LogP contribution in [-0.2, 0) is 9.53 Å². The van der Waals surface area contributed by atoms with Crippen molar-refractivity contribution < 1.29 is 24.2 Å². The molecule has 2 unspecified atom stereocenters. The van der Waals surface area contributed by atoms with Crippen LogP contribution in [0.2, 0.25) is 0 Å². The highest BCUT2D eigenvalue weighted by Crippen LogP contribution is 2.22. The number of ether oxygens (including phenoxy) is 2. The molecule has 6 heteroatoms. The maximum Gasteiger partial charge on any atom is 0.416 e. The van der Waals surface area contributed by atoms with Crippen molar-refractivity contribution in [1.29, 1.82) is 0 Å². The minimum Gasteiger partial charge on any atom is -0.480 e. The molecule has 1 fully saturated rings. The van der Waals surface area contributed by atoms with Gasteiger partial charge in [-0.2, -0.15) is 0 Å². The van der Waals surface area contributed by atoms with Crippen LogP contribution in [0, 0.1) is 0 Å². The van der Waals surface area contributed by atoms with Gasteiger partial charge in [0, 0.05) is 13.5 Å². The van der Waals surface area contributed by atoms with Crippen molar-refractivity contribution in [2.45, 2.75) is 18.6 Å². The smallest absolute Gasteiger partial charge is 0.416 e. The average Bonchev–Trinajstić information content (AvgIpc) is 2.84. The molecule has 19 heavy (non-hydrogen) atoms. The molecule has 0 radical (unpaired) electrons. The molecule has 2 atom stereocenters. The van der Waals surface area contributed by atoms with Crippen LogP contribution in [0.5, 0.6) is 5.75 Å². The van der Waals surface area contributed by atoms with E-state index < -0.39 is 18.1 Å². The number of para-hydroxylation sites is 1. The summed E-state index contributed by atoms with van der Waals surface area (Å²) in [6.07, 6.45) is -0.669. The number of carboxylic acid groups (broad SMARTS) is 1. The number of hydrogen-bond acceptors (Lipinski definition) is 4. The zero-order valence-corrected chi connectivity index (χ0v) is 10.5. The molecule has 1 heterocycles. The predicted molar refractivity (Wildman–Crippen MR) is 66.0 cm³/mol. The Bertz CT molecular complexity index is 461. The van der Waals surface area contributed by atoms with Gasteiger partial charge in [0.25, 0.3) is 0 Å². The largest absolute Gasteiger partial charge is 0.480 e. The lowest BCUT2D eigenvalue weighted by atomic mass is 10.2. The number of nitrogens with zero attached hydrogens (tertiary/aromatic N) is 1. The van der Waals surface area contributed by atoms with E-state index in [1.54, 1.807) is 30.3 Å². The van der Waals surface area contributed by atoms with Gasteiger partial charge in [0.2, 0.25) is 0 Å². The number of carbonyl (C=O) groups is 2. The maximum atomic E-state index is 12.0. The molecule has 0 spiro atoms. The van der Waals surface area contributed by atoms with Crippen molar-refractivity contribution in [3.63, 3.8) is 0 Å². The molecule has 1 aromatic rings. The lowest BCUT2D eigenvalue weighted by Crippen LogP contribution is -2.42. The molecular weight excluding hydrogens is 250 g/mol. The molecule has 0 aromatic heterocycles. The van der Waals surface area contributed by atoms with Gasteiger partial charge >= 0.3 is 12.1 Å². The first kappa shape index (κ1) is 13.4. The summed E-state index contributed by atoms with van der Waals surface area (Å²) in [5, 5.41) is 9.11. The van der Waals surface area contributed by atoms with E-state index in [2.05, 4.69) is 0 Å². The van der Waals surface area contributed by atoms with Crippen molar-refractivity contribution in [3.05, 3.63) is 30.3 Å². The van der Waals surface area contributed by atoms with Crippen molar-refractivity contribution in [2.24, 2.45) is 0 Å². The summed E-state index contributed by atoms with van der Waals surface area (Å²) in [5.74, 6) is -0.665. The quantitative estimate of drug-likeness (QED) is 0.893. The molecule has 0 saturated carbocycles. The number of hydrogen-bond donors (Lipinski definition) is 1. The van der Waals surface area contributed by atoms with Gasteiger partial charge in [0.1, 0.15) is 11.8 Å². The van der Waals surface area contributed by atoms with Crippen LogP contribution in [0.15, 0.2) is 30.3 Å². The van der Waals surface area contributed by atoms with Gasteiger partial charge in [-0.3, -0.25) is 4.90 Å². The van der Waals surface area contributed by atoms with Gasteiger partial charge in [-0.1, -0.05) is 18.2 Å². The molecule has 2 rings (SSSR count). The van der Waals surface area contributed by atoms with Gasteiger partial charge in [0.05, 0.1) is 12.6 Å². The van der Waals surface area contributed by atoms with Gasteiger partial charge < -0.3 is 14.6 Å². The number of aliphatic carboxylic acids is 1. The number of carboxylic acids is 1. The molecule has 1 aliphatic heterocycles. The van der Waals surface area contributed by atoms with Crippen molar-refractivity contribution in [3.8, 4) is 5.75 Å². The molecular formula is C13H15NO5. The SMILES string of the molecule is COC1CC(C(=O)O)N(C(=O)Oc2ccccc2)C1. The predicted octanol–water partition coefficient (Wildman–Crippen LogP) is 1.36. The summed E-state index contributed by atoms with van der Waals surface area (Å²) in [6, 6.07) is 7.64. The molecule has 0 bridgehead atoms. The normalized spacial score (nSPS) is 22.3. The summed E-state index contributed by atoms with van der Waals surface area (Å²) >= 11 is 0.